The quantitative estimate of drug-likeness (QED) is 0.637. The van der Waals surface area contributed by atoms with Crippen molar-refractivity contribution in [1.82, 2.24) is 4.57 Å². The van der Waals surface area contributed by atoms with E-state index in [1.807, 2.05) is 39.0 Å². The summed E-state index contributed by atoms with van der Waals surface area (Å²) in [6.45, 7) is 5.56. The van der Waals surface area contributed by atoms with Crippen molar-refractivity contribution in [3.8, 4) is 0 Å². The van der Waals surface area contributed by atoms with Crippen molar-refractivity contribution in [3.05, 3.63) is 62.1 Å². The highest BCUT2D eigenvalue weighted by Crippen LogP contribution is 2.27. The van der Waals surface area contributed by atoms with E-state index in [0.717, 1.165) is 15.7 Å². The minimum atomic E-state index is -0.908. The van der Waals surface area contributed by atoms with Gasteiger partial charge < -0.3 is 15.6 Å². The molecule has 132 valence electrons. The molecule has 3 N–H and O–H groups in total. The van der Waals surface area contributed by atoms with E-state index in [-0.39, 0.29) is 18.2 Å². The summed E-state index contributed by atoms with van der Waals surface area (Å²) in [6, 6.07) is 6.95. The molecular formula is C17H20N4O4. The zero-order chi connectivity index (χ0) is 18.7. The van der Waals surface area contributed by atoms with Crippen LogP contribution in [0.5, 0.6) is 0 Å². The highest BCUT2D eigenvalue weighted by Gasteiger charge is 2.20. The molecule has 0 fully saturated rings. The van der Waals surface area contributed by atoms with Crippen LogP contribution in [0.25, 0.3) is 0 Å². The molecule has 1 aromatic heterocycles. The molecule has 2 aromatic rings. The highest BCUT2D eigenvalue weighted by atomic mass is 16.6. The van der Waals surface area contributed by atoms with E-state index in [1.54, 1.807) is 0 Å². The maximum absolute atomic E-state index is 12.4. The Hall–Kier alpha value is -3.16. The van der Waals surface area contributed by atoms with Crippen molar-refractivity contribution in [2.75, 3.05) is 11.1 Å². The molecular weight excluding hydrogens is 324 g/mol. The first kappa shape index (κ1) is 18.2. The SMILES string of the molecule is Cc1cccc(C(C)C)c1NC(=O)Cn1ccc(N)c([N+](=O)[O-])c1=O. The summed E-state index contributed by atoms with van der Waals surface area (Å²) in [4.78, 5) is 34.6. The van der Waals surface area contributed by atoms with Crippen molar-refractivity contribution in [1.29, 1.82) is 0 Å². The van der Waals surface area contributed by atoms with E-state index in [2.05, 4.69) is 5.32 Å². The van der Waals surface area contributed by atoms with Crippen LogP contribution in [-0.2, 0) is 11.3 Å². The lowest BCUT2D eigenvalue weighted by molar-refractivity contribution is -0.385. The van der Waals surface area contributed by atoms with Gasteiger partial charge in [0.15, 0.2) is 0 Å². The summed E-state index contributed by atoms with van der Waals surface area (Å²) in [7, 11) is 0. The van der Waals surface area contributed by atoms with Crippen LogP contribution in [0.3, 0.4) is 0 Å². The van der Waals surface area contributed by atoms with Crippen molar-refractivity contribution in [2.45, 2.75) is 33.2 Å². The minimum Gasteiger partial charge on any atom is -0.393 e. The number of amides is 1. The Kier molecular flexibility index (Phi) is 5.21. The highest BCUT2D eigenvalue weighted by molar-refractivity contribution is 5.92. The number of anilines is 2. The van der Waals surface area contributed by atoms with Crippen LogP contribution < -0.4 is 16.6 Å². The molecule has 0 atom stereocenters. The van der Waals surface area contributed by atoms with E-state index in [9.17, 15) is 19.7 Å². The average molecular weight is 344 g/mol. The van der Waals surface area contributed by atoms with Crippen LogP contribution in [0.4, 0.5) is 17.1 Å². The molecule has 0 bridgehead atoms. The van der Waals surface area contributed by atoms with Gasteiger partial charge in [-0.15, -0.1) is 0 Å². The Morgan fingerprint density at radius 2 is 2.04 bits per heavy atom. The van der Waals surface area contributed by atoms with Crippen molar-refractivity contribution < 1.29 is 9.72 Å². The molecule has 2 rings (SSSR count). The summed E-state index contributed by atoms with van der Waals surface area (Å²) >= 11 is 0. The zero-order valence-corrected chi connectivity index (χ0v) is 14.3. The lowest BCUT2D eigenvalue weighted by Gasteiger charge is -2.16. The number of nitrogen functional groups attached to an aromatic ring is 1. The Bertz CT molecular complexity index is 887. The Balaban J connectivity index is 2.30. The van der Waals surface area contributed by atoms with Gasteiger partial charge in [-0.05, 0) is 30.0 Å². The first-order valence-electron chi connectivity index (χ1n) is 7.75. The predicted molar refractivity (Wildman–Crippen MR) is 95.7 cm³/mol. The molecule has 0 saturated heterocycles. The van der Waals surface area contributed by atoms with Crippen LogP contribution in [0.15, 0.2) is 35.3 Å². The second-order valence-corrected chi connectivity index (χ2v) is 6.05. The van der Waals surface area contributed by atoms with Gasteiger partial charge in [-0.25, -0.2) is 0 Å². The summed E-state index contributed by atoms with van der Waals surface area (Å²) < 4.78 is 0.969. The van der Waals surface area contributed by atoms with Gasteiger partial charge in [0, 0.05) is 11.9 Å². The number of nitro groups is 1. The number of hydrogen-bond donors (Lipinski definition) is 2. The number of pyridine rings is 1. The van der Waals surface area contributed by atoms with Crippen LogP contribution in [-0.4, -0.2) is 15.4 Å². The van der Waals surface area contributed by atoms with E-state index >= 15 is 0 Å². The van der Waals surface area contributed by atoms with Gasteiger partial charge in [-0.3, -0.25) is 19.7 Å². The zero-order valence-electron chi connectivity index (χ0n) is 14.3. The summed E-state index contributed by atoms with van der Waals surface area (Å²) in [5, 5.41) is 13.7. The normalized spacial score (nSPS) is 10.7. The number of rotatable bonds is 5. The predicted octanol–water partition coefficient (Wildman–Crippen LogP) is 2.41. The van der Waals surface area contributed by atoms with E-state index < -0.39 is 22.1 Å². The first-order chi connectivity index (χ1) is 11.7. The number of para-hydroxylation sites is 1. The molecule has 1 aromatic carbocycles. The molecule has 0 saturated carbocycles. The molecule has 0 spiro atoms. The second kappa shape index (κ2) is 7.16. The minimum absolute atomic E-state index is 0.204. The van der Waals surface area contributed by atoms with Gasteiger partial charge >= 0.3 is 11.2 Å². The average Bonchev–Trinajstić information content (AvgIpc) is 2.51. The van der Waals surface area contributed by atoms with Gasteiger partial charge in [0.1, 0.15) is 12.2 Å². The molecule has 0 aliphatic carbocycles. The number of carbonyl (C=O) groups excluding carboxylic acids is 1. The maximum Gasteiger partial charge on any atom is 0.356 e. The number of aromatic nitrogens is 1. The lowest BCUT2D eigenvalue weighted by Crippen LogP contribution is -2.29. The molecule has 0 aliphatic heterocycles. The molecule has 0 radical (unpaired) electrons. The van der Waals surface area contributed by atoms with Crippen LogP contribution in [0.1, 0.15) is 30.9 Å². The number of aryl methyl sites for hydroxylation is 1. The largest absolute Gasteiger partial charge is 0.393 e. The fraction of sp³-hybridized carbons (Fsp3) is 0.294. The van der Waals surface area contributed by atoms with Crippen molar-refractivity contribution in [2.24, 2.45) is 0 Å². The smallest absolute Gasteiger partial charge is 0.356 e. The summed E-state index contributed by atoms with van der Waals surface area (Å²) in [6.07, 6.45) is 1.27. The maximum atomic E-state index is 12.4. The third kappa shape index (κ3) is 3.85. The monoisotopic (exact) mass is 344 g/mol. The van der Waals surface area contributed by atoms with Crippen LogP contribution in [0, 0.1) is 17.0 Å². The molecule has 25 heavy (non-hydrogen) atoms. The van der Waals surface area contributed by atoms with Gasteiger partial charge in [0.25, 0.3) is 0 Å². The molecule has 0 aliphatic rings. The molecule has 0 unspecified atom stereocenters. The van der Waals surface area contributed by atoms with E-state index in [0.29, 0.717) is 5.69 Å². The van der Waals surface area contributed by atoms with Crippen molar-refractivity contribution in [3.63, 3.8) is 0 Å². The van der Waals surface area contributed by atoms with Crippen molar-refractivity contribution >= 4 is 23.0 Å². The summed E-state index contributed by atoms with van der Waals surface area (Å²) in [5.74, 6) is -0.243. The number of carbonyl (C=O) groups is 1. The third-order valence-corrected chi connectivity index (χ3v) is 3.86. The molecule has 8 nitrogen and oxygen atoms in total. The Morgan fingerprint density at radius 1 is 1.36 bits per heavy atom. The number of nitrogens with one attached hydrogen (secondary N) is 1. The van der Waals surface area contributed by atoms with Gasteiger partial charge in [-0.2, -0.15) is 0 Å². The molecule has 1 heterocycles. The number of hydrogen-bond acceptors (Lipinski definition) is 5. The Labute approximate surface area is 144 Å². The molecule has 1 amide bonds. The van der Waals surface area contributed by atoms with Crippen LogP contribution in [0.2, 0.25) is 0 Å². The molecule has 8 heteroatoms. The fourth-order valence-electron chi connectivity index (χ4n) is 2.56. The van der Waals surface area contributed by atoms with E-state index in [4.69, 9.17) is 5.73 Å². The van der Waals surface area contributed by atoms with E-state index in [1.165, 1.54) is 12.3 Å². The number of nitrogens with two attached hydrogens (primary N) is 1. The lowest BCUT2D eigenvalue weighted by atomic mass is 9.98. The topological polar surface area (TPSA) is 120 Å². The summed E-state index contributed by atoms with van der Waals surface area (Å²) in [5.41, 5.74) is 6.17. The standard InChI is InChI=1S/C17H20N4O4/c1-10(2)12-6-4-5-11(3)15(12)19-14(22)9-20-8-7-13(18)16(17(20)23)21(24)25/h4-8,10H,9,18H2,1-3H3,(H,19,22). The van der Waals surface area contributed by atoms with Crippen LogP contribution >= 0.6 is 0 Å². The van der Waals surface area contributed by atoms with Gasteiger partial charge in [0.05, 0.1) is 4.92 Å². The van der Waals surface area contributed by atoms with Gasteiger partial charge in [0.2, 0.25) is 5.91 Å². The fourth-order valence-corrected chi connectivity index (χ4v) is 2.56. The number of nitrogens with zero attached hydrogens (tertiary/aromatic N) is 2. The Morgan fingerprint density at radius 3 is 2.64 bits per heavy atom. The number of benzene rings is 1. The van der Waals surface area contributed by atoms with Gasteiger partial charge in [-0.1, -0.05) is 32.0 Å². The third-order valence-electron chi connectivity index (χ3n) is 3.86. The second-order valence-electron chi connectivity index (χ2n) is 6.05. The first-order valence-corrected chi connectivity index (χ1v) is 7.75.